The molecular weight excluding hydrogens is 295 g/mol. The average molecular weight is 310 g/mol. The van der Waals surface area contributed by atoms with Crippen LogP contribution in [0.3, 0.4) is 0 Å². The third kappa shape index (κ3) is 3.25. The van der Waals surface area contributed by atoms with Crippen molar-refractivity contribution in [2.45, 2.75) is 11.8 Å². The molecule has 0 atom stereocenters. The van der Waals surface area contributed by atoms with Gasteiger partial charge in [0.1, 0.15) is 16.5 Å². The van der Waals surface area contributed by atoms with Gasteiger partial charge in [0.15, 0.2) is 0 Å². The minimum Gasteiger partial charge on any atom is -0.495 e. The van der Waals surface area contributed by atoms with Crippen LogP contribution in [0.25, 0.3) is 0 Å². The highest BCUT2D eigenvalue weighted by Crippen LogP contribution is 2.28. The molecule has 0 radical (unpaired) electrons. The van der Waals surface area contributed by atoms with Gasteiger partial charge < -0.3 is 10.5 Å². The number of nitrogens with two attached hydrogens (primary N) is 1. The van der Waals surface area contributed by atoms with Gasteiger partial charge in [-0.25, -0.2) is 12.8 Å². The van der Waals surface area contributed by atoms with Crippen molar-refractivity contribution in [2.75, 3.05) is 17.6 Å². The fourth-order valence-electron chi connectivity index (χ4n) is 1.81. The standard InChI is InChI=1S/C14H15FN2O3S/c1-9-3-6-13(20-2)14(7-9)21(18,19)17-12-8-10(16)4-5-11(12)15/h3-8,17H,16H2,1-2H3. The monoisotopic (exact) mass is 310 g/mol. The molecule has 0 fully saturated rings. The summed E-state index contributed by atoms with van der Waals surface area (Å²) >= 11 is 0. The van der Waals surface area contributed by atoms with E-state index in [-0.39, 0.29) is 22.0 Å². The lowest BCUT2D eigenvalue weighted by Crippen LogP contribution is -2.15. The molecule has 7 heteroatoms. The summed E-state index contributed by atoms with van der Waals surface area (Å²) in [5.41, 5.74) is 6.32. The summed E-state index contributed by atoms with van der Waals surface area (Å²) in [5.74, 6) is -0.531. The van der Waals surface area contributed by atoms with Gasteiger partial charge in [0, 0.05) is 5.69 Å². The molecular formula is C14H15FN2O3S. The number of nitrogens with one attached hydrogen (secondary N) is 1. The molecule has 0 aromatic heterocycles. The van der Waals surface area contributed by atoms with Gasteiger partial charge in [-0.2, -0.15) is 0 Å². The third-order valence-corrected chi connectivity index (χ3v) is 4.23. The number of sulfonamides is 1. The normalized spacial score (nSPS) is 11.2. The summed E-state index contributed by atoms with van der Waals surface area (Å²) in [7, 11) is -2.62. The number of rotatable bonds is 4. The maximum absolute atomic E-state index is 13.7. The zero-order valence-electron chi connectivity index (χ0n) is 11.6. The van der Waals surface area contributed by atoms with E-state index in [0.29, 0.717) is 0 Å². The molecule has 0 aliphatic heterocycles. The lowest BCUT2D eigenvalue weighted by atomic mass is 10.2. The molecule has 0 unspecified atom stereocenters. The van der Waals surface area contributed by atoms with Gasteiger partial charge in [0.25, 0.3) is 10.0 Å². The van der Waals surface area contributed by atoms with Crippen LogP contribution < -0.4 is 15.2 Å². The van der Waals surface area contributed by atoms with Gasteiger partial charge in [-0.05, 0) is 42.8 Å². The summed E-state index contributed by atoms with van der Waals surface area (Å²) in [4.78, 5) is -0.0631. The molecule has 2 aromatic carbocycles. The van der Waals surface area contributed by atoms with Crippen molar-refractivity contribution in [1.82, 2.24) is 0 Å². The summed E-state index contributed by atoms with van der Waals surface area (Å²) in [6.07, 6.45) is 0. The highest BCUT2D eigenvalue weighted by molar-refractivity contribution is 7.92. The Morgan fingerprint density at radius 2 is 1.90 bits per heavy atom. The lowest BCUT2D eigenvalue weighted by Gasteiger charge is -2.13. The van der Waals surface area contributed by atoms with Gasteiger partial charge in [-0.1, -0.05) is 6.07 Å². The Morgan fingerprint density at radius 1 is 1.19 bits per heavy atom. The lowest BCUT2D eigenvalue weighted by molar-refractivity contribution is 0.402. The molecule has 2 aromatic rings. The largest absolute Gasteiger partial charge is 0.495 e. The van der Waals surface area contributed by atoms with Crippen molar-refractivity contribution in [3.63, 3.8) is 0 Å². The van der Waals surface area contributed by atoms with E-state index in [0.717, 1.165) is 11.6 Å². The quantitative estimate of drug-likeness (QED) is 0.850. The van der Waals surface area contributed by atoms with Crippen molar-refractivity contribution in [2.24, 2.45) is 0 Å². The number of methoxy groups -OCH3 is 1. The molecule has 0 spiro atoms. The molecule has 0 amide bonds. The van der Waals surface area contributed by atoms with Gasteiger partial charge in [0.05, 0.1) is 12.8 Å². The molecule has 0 aliphatic rings. The molecule has 0 saturated heterocycles. The number of halogens is 1. The van der Waals surface area contributed by atoms with Crippen LogP contribution in [0.15, 0.2) is 41.3 Å². The van der Waals surface area contributed by atoms with Crippen molar-refractivity contribution < 1.29 is 17.5 Å². The van der Waals surface area contributed by atoms with Crippen molar-refractivity contribution in [3.05, 3.63) is 47.8 Å². The minimum atomic E-state index is -3.99. The van der Waals surface area contributed by atoms with Crippen LogP contribution in [0.5, 0.6) is 5.75 Å². The van der Waals surface area contributed by atoms with E-state index in [4.69, 9.17) is 10.5 Å². The summed E-state index contributed by atoms with van der Waals surface area (Å²) < 4.78 is 45.7. The Bertz CT molecular complexity index is 776. The Morgan fingerprint density at radius 3 is 2.57 bits per heavy atom. The van der Waals surface area contributed by atoms with Crippen LogP contribution in [-0.4, -0.2) is 15.5 Å². The first-order chi connectivity index (χ1) is 9.83. The van der Waals surface area contributed by atoms with E-state index in [1.54, 1.807) is 19.1 Å². The number of nitrogen functional groups attached to an aromatic ring is 1. The molecule has 0 heterocycles. The Kier molecular flexibility index (Phi) is 4.04. The highest BCUT2D eigenvalue weighted by atomic mass is 32.2. The second-order valence-corrected chi connectivity index (χ2v) is 6.15. The first kappa shape index (κ1) is 15.1. The van der Waals surface area contributed by atoms with E-state index in [1.807, 2.05) is 0 Å². The van der Waals surface area contributed by atoms with Crippen LogP contribution in [0.4, 0.5) is 15.8 Å². The van der Waals surface area contributed by atoms with E-state index < -0.39 is 15.8 Å². The second kappa shape index (κ2) is 5.61. The first-order valence-corrected chi connectivity index (χ1v) is 7.54. The molecule has 21 heavy (non-hydrogen) atoms. The topological polar surface area (TPSA) is 81.4 Å². The SMILES string of the molecule is COc1ccc(C)cc1S(=O)(=O)Nc1cc(N)ccc1F. The van der Waals surface area contributed by atoms with E-state index in [1.165, 1.54) is 25.3 Å². The maximum Gasteiger partial charge on any atom is 0.265 e. The third-order valence-electron chi connectivity index (χ3n) is 2.84. The smallest absolute Gasteiger partial charge is 0.265 e. The van der Waals surface area contributed by atoms with Crippen LogP contribution in [0.1, 0.15) is 5.56 Å². The summed E-state index contributed by atoms with van der Waals surface area (Å²) in [6, 6.07) is 8.38. The summed E-state index contributed by atoms with van der Waals surface area (Å²) in [6.45, 7) is 1.75. The number of ether oxygens (including phenoxy) is 1. The van der Waals surface area contributed by atoms with Gasteiger partial charge in [-0.15, -0.1) is 0 Å². The van der Waals surface area contributed by atoms with Crippen LogP contribution >= 0.6 is 0 Å². The molecule has 2 rings (SSSR count). The first-order valence-electron chi connectivity index (χ1n) is 6.06. The fourth-order valence-corrected chi connectivity index (χ4v) is 3.13. The number of hydrogen-bond acceptors (Lipinski definition) is 4. The Hall–Kier alpha value is -2.28. The van der Waals surface area contributed by atoms with E-state index >= 15 is 0 Å². The van der Waals surface area contributed by atoms with Crippen LogP contribution in [0, 0.1) is 12.7 Å². The molecule has 0 aliphatic carbocycles. The average Bonchev–Trinajstić information content (AvgIpc) is 2.42. The number of anilines is 2. The van der Waals surface area contributed by atoms with Gasteiger partial charge in [-0.3, -0.25) is 4.72 Å². The Labute approximate surface area is 122 Å². The number of hydrogen-bond donors (Lipinski definition) is 2. The highest BCUT2D eigenvalue weighted by Gasteiger charge is 2.21. The van der Waals surface area contributed by atoms with Gasteiger partial charge >= 0.3 is 0 Å². The second-order valence-electron chi connectivity index (χ2n) is 4.50. The fraction of sp³-hybridized carbons (Fsp3) is 0.143. The van der Waals surface area contributed by atoms with Crippen molar-refractivity contribution in [3.8, 4) is 5.75 Å². The molecule has 3 N–H and O–H groups in total. The van der Waals surface area contributed by atoms with Crippen LogP contribution in [-0.2, 0) is 10.0 Å². The van der Waals surface area contributed by atoms with Crippen molar-refractivity contribution in [1.29, 1.82) is 0 Å². The molecule has 0 saturated carbocycles. The van der Waals surface area contributed by atoms with Crippen LogP contribution in [0.2, 0.25) is 0 Å². The van der Waals surface area contributed by atoms with Gasteiger partial charge in [0.2, 0.25) is 0 Å². The number of benzene rings is 2. The zero-order valence-corrected chi connectivity index (χ0v) is 12.4. The molecule has 112 valence electrons. The summed E-state index contributed by atoms with van der Waals surface area (Å²) in [5, 5.41) is 0. The zero-order chi connectivity index (χ0) is 15.6. The van der Waals surface area contributed by atoms with E-state index in [9.17, 15) is 12.8 Å². The Balaban J connectivity index is 2.48. The number of aryl methyl sites for hydroxylation is 1. The predicted octanol–water partition coefficient (Wildman–Crippen LogP) is 2.53. The predicted molar refractivity (Wildman–Crippen MR) is 79.4 cm³/mol. The molecule has 5 nitrogen and oxygen atoms in total. The maximum atomic E-state index is 13.7. The molecule has 0 bridgehead atoms. The minimum absolute atomic E-state index is 0.0631. The van der Waals surface area contributed by atoms with Crippen molar-refractivity contribution >= 4 is 21.4 Å². The van der Waals surface area contributed by atoms with E-state index in [2.05, 4.69) is 4.72 Å².